The summed E-state index contributed by atoms with van der Waals surface area (Å²) in [6.45, 7) is 5.34. The first-order valence-corrected chi connectivity index (χ1v) is 4.86. The van der Waals surface area contributed by atoms with E-state index in [1.54, 1.807) is 32.9 Å². The molecule has 3 heteroatoms. The molecule has 0 aliphatic carbocycles. The maximum absolute atomic E-state index is 10.7. The molecular weight excluding hydrogens is 204 g/mol. The van der Waals surface area contributed by atoms with Crippen LogP contribution in [-0.2, 0) is 0 Å². The zero-order valence-electron chi connectivity index (χ0n) is 9.57. The van der Waals surface area contributed by atoms with Gasteiger partial charge in [0.15, 0.2) is 5.60 Å². The van der Waals surface area contributed by atoms with Crippen molar-refractivity contribution in [3.63, 3.8) is 0 Å². The highest BCUT2D eigenvalue weighted by molar-refractivity contribution is 5.88. The van der Waals surface area contributed by atoms with Gasteiger partial charge in [-0.15, -0.1) is 6.42 Å². The lowest BCUT2D eigenvalue weighted by Crippen LogP contribution is -2.25. The second-order valence-corrected chi connectivity index (χ2v) is 4.04. The molecule has 0 saturated heterocycles. The minimum atomic E-state index is -0.953. The zero-order chi connectivity index (χ0) is 12.3. The fraction of sp³-hybridized carbons (Fsp3) is 0.308. The van der Waals surface area contributed by atoms with E-state index in [4.69, 9.17) is 16.3 Å². The van der Waals surface area contributed by atoms with Gasteiger partial charge in [-0.25, -0.2) is 4.79 Å². The lowest BCUT2D eigenvalue weighted by Gasteiger charge is -2.21. The molecule has 0 unspecified atom stereocenters. The summed E-state index contributed by atoms with van der Waals surface area (Å²) < 4.78 is 5.59. The molecule has 1 aromatic rings. The third-order valence-electron chi connectivity index (χ3n) is 2.13. The van der Waals surface area contributed by atoms with Gasteiger partial charge in [0.05, 0.1) is 5.56 Å². The van der Waals surface area contributed by atoms with E-state index in [0.29, 0.717) is 5.75 Å². The Morgan fingerprint density at radius 3 is 2.56 bits per heavy atom. The van der Waals surface area contributed by atoms with Gasteiger partial charge in [-0.1, -0.05) is 5.92 Å². The van der Waals surface area contributed by atoms with Gasteiger partial charge in [-0.05, 0) is 44.5 Å². The summed E-state index contributed by atoms with van der Waals surface area (Å²) in [7, 11) is 0. The van der Waals surface area contributed by atoms with Crippen LogP contribution in [0.15, 0.2) is 18.2 Å². The average molecular weight is 218 g/mol. The second kappa shape index (κ2) is 4.28. The maximum Gasteiger partial charge on any atom is 0.335 e. The number of rotatable bonds is 3. The minimum absolute atomic E-state index is 0.239. The lowest BCUT2D eigenvalue weighted by molar-refractivity contribution is 0.0696. The largest absolute Gasteiger partial charge is 0.478 e. The molecule has 0 aromatic heterocycles. The first kappa shape index (κ1) is 12.1. The van der Waals surface area contributed by atoms with Gasteiger partial charge in [0.25, 0.3) is 0 Å². The first-order valence-electron chi connectivity index (χ1n) is 4.86. The Morgan fingerprint density at radius 2 is 2.12 bits per heavy atom. The summed E-state index contributed by atoms with van der Waals surface area (Å²) in [5.41, 5.74) is 0.293. The zero-order valence-corrected chi connectivity index (χ0v) is 9.57. The number of carboxylic acid groups (broad SMARTS) is 1. The molecule has 3 nitrogen and oxygen atoms in total. The molecule has 0 radical (unpaired) electrons. The molecule has 0 amide bonds. The SMILES string of the molecule is C#CC(C)(C)Oc1ccc(C(=O)O)cc1C. The number of aryl methyl sites for hydroxylation is 1. The van der Waals surface area contributed by atoms with Crippen molar-refractivity contribution in [2.45, 2.75) is 26.4 Å². The summed E-state index contributed by atoms with van der Waals surface area (Å²) >= 11 is 0. The van der Waals surface area contributed by atoms with Gasteiger partial charge in [-0.2, -0.15) is 0 Å². The Kier molecular flexibility index (Phi) is 3.24. The molecule has 16 heavy (non-hydrogen) atoms. The number of benzene rings is 1. The highest BCUT2D eigenvalue weighted by Gasteiger charge is 2.17. The Bertz CT molecular complexity index is 453. The van der Waals surface area contributed by atoms with Crippen LogP contribution in [0.4, 0.5) is 0 Å². The number of carbonyl (C=O) groups is 1. The molecule has 0 aliphatic heterocycles. The topological polar surface area (TPSA) is 46.5 Å². The van der Waals surface area contributed by atoms with Crippen molar-refractivity contribution in [1.29, 1.82) is 0 Å². The maximum atomic E-state index is 10.7. The molecule has 0 atom stereocenters. The molecule has 1 aromatic carbocycles. The van der Waals surface area contributed by atoms with Crippen molar-refractivity contribution in [3.05, 3.63) is 29.3 Å². The first-order chi connectivity index (χ1) is 7.35. The van der Waals surface area contributed by atoms with Crippen LogP contribution in [0.1, 0.15) is 29.8 Å². The van der Waals surface area contributed by atoms with Crippen molar-refractivity contribution in [2.24, 2.45) is 0 Å². The monoisotopic (exact) mass is 218 g/mol. The van der Waals surface area contributed by atoms with Crippen LogP contribution in [-0.4, -0.2) is 16.7 Å². The third-order valence-corrected chi connectivity index (χ3v) is 2.13. The average Bonchev–Trinajstić information content (AvgIpc) is 2.20. The smallest absolute Gasteiger partial charge is 0.335 e. The minimum Gasteiger partial charge on any atom is -0.478 e. The second-order valence-electron chi connectivity index (χ2n) is 4.04. The van der Waals surface area contributed by atoms with Crippen LogP contribution in [0.3, 0.4) is 0 Å². The molecule has 0 aliphatic rings. The summed E-state index contributed by atoms with van der Waals surface area (Å²) in [5, 5.41) is 8.81. The highest BCUT2D eigenvalue weighted by Crippen LogP contribution is 2.23. The van der Waals surface area contributed by atoms with Crippen LogP contribution < -0.4 is 4.74 Å². The standard InChI is InChI=1S/C13H14O3/c1-5-13(3,4)16-11-7-6-10(12(14)15)8-9(11)2/h1,6-8H,2-4H3,(H,14,15). The van der Waals surface area contributed by atoms with E-state index in [0.717, 1.165) is 5.56 Å². The van der Waals surface area contributed by atoms with E-state index >= 15 is 0 Å². The molecule has 0 saturated carbocycles. The Labute approximate surface area is 95.1 Å². The molecule has 0 fully saturated rings. The summed E-state index contributed by atoms with van der Waals surface area (Å²) in [5.74, 6) is 2.17. The van der Waals surface area contributed by atoms with Crippen molar-refractivity contribution in [3.8, 4) is 18.1 Å². The molecule has 0 bridgehead atoms. The third kappa shape index (κ3) is 2.77. The Hall–Kier alpha value is -1.95. The molecule has 1 N–H and O–H groups in total. The summed E-state index contributed by atoms with van der Waals surface area (Å²) in [6, 6.07) is 4.68. The highest BCUT2D eigenvalue weighted by atomic mass is 16.5. The fourth-order valence-electron chi connectivity index (χ4n) is 1.20. The van der Waals surface area contributed by atoms with E-state index in [-0.39, 0.29) is 5.56 Å². The number of carboxylic acids is 1. The van der Waals surface area contributed by atoms with Gasteiger partial charge in [0.2, 0.25) is 0 Å². The van der Waals surface area contributed by atoms with Gasteiger partial charge in [-0.3, -0.25) is 0 Å². The molecular formula is C13H14O3. The van der Waals surface area contributed by atoms with Crippen LogP contribution in [0.2, 0.25) is 0 Å². The van der Waals surface area contributed by atoms with Crippen molar-refractivity contribution >= 4 is 5.97 Å². The normalized spacial score (nSPS) is 10.6. The lowest BCUT2D eigenvalue weighted by atomic mass is 10.1. The summed E-state index contributed by atoms with van der Waals surface area (Å²) in [6.07, 6.45) is 5.31. The van der Waals surface area contributed by atoms with Gasteiger partial charge in [0, 0.05) is 0 Å². The number of terminal acetylenes is 1. The van der Waals surface area contributed by atoms with Crippen molar-refractivity contribution in [2.75, 3.05) is 0 Å². The molecule has 84 valence electrons. The Balaban J connectivity index is 3.02. The number of hydrogen-bond donors (Lipinski definition) is 1. The molecule has 0 heterocycles. The van der Waals surface area contributed by atoms with Crippen molar-refractivity contribution in [1.82, 2.24) is 0 Å². The van der Waals surface area contributed by atoms with E-state index in [1.807, 2.05) is 0 Å². The predicted octanol–water partition coefficient (Wildman–Crippen LogP) is 2.48. The van der Waals surface area contributed by atoms with Crippen molar-refractivity contribution < 1.29 is 14.6 Å². The summed E-state index contributed by atoms with van der Waals surface area (Å²) in [4.78, 5) is 10.7. The Morgan fingerprint density at radius 1 is 1.50 bits per heavy atom. The molecule has 0 spiro atoms. The van der Waals surface area contributed by atoms with Crippen LogP contribution in [0, 0.1) is 19.3 Å². The van der Waals surface area contributed by atoms with E-state index in [9.17, 15) is 4.79 Å². The van der Waals surface area contributed by atoms with Crippen LogP contribution in [0.5, 0.6) is 5.75 Å². The van der Waals surface area contributed by atoms with E-state index in [2.05, 4.69) is 5.92 Å². The number of ether oxygens (including phenoxy) is 1. The van der Waals surface area contributed by atoms with Gasteiger partial charge < -0.3 is 9.84 Å². The number of aromatic carboxylic acids is 1. The van der Waals surface area contributed by atoms with Crippen LogP contribution in [0.25, 0.3) is 0 Å². The van der Waals surface area contributed by atoms with Gasteiger partial charge >= 0.3 is 5.97 Å². The quantitative estimate of drug-likeness (QED) is 0.793. The number of hydrogen-bond acceptors (Lipinski definition) is 2. The van der Waals surface area contributed by atoms with E-state index < -0.39 is 11.6 Å². The van der Waals surface area contributed by atoms with Gasteiger partial charge in [0.1, 0.15) is 5.75 Å². The predicted molar refractivity (Wildman–Crippen MR) is 61.7 cm³/mol. The fourth-order valence-corrected chi connectivity index (χ4v) is 1.20. The van der Waals surface area contributed by atoms with Crippen LogP contribution >= 0.6 is 0 Å². The van der Waals surface area contributed by atoms with E-state index in [1.165, 1.54) is 6.07 Å². The molecule has 1 rings (SSSR count).